The smallest absolute Gasteiger partial charge is 0.269 e. The molecule has 1 aromatic rings. The molecule has 0 bridgehead atoms. The van der Waals surface area contributed by atoms with Crippen LogP contribution in [0.1, 0.15) is 11.7 Å². The van der Waals surface area contributed by atoms with E-state index in [1.54, 1.807) is 0 Å². The van der Waals surface area contributed by atoms with Crippen LogP contribution in [0.3, 0.4) is 0 Å². The Balaban J connectivity index is 2.41. The standard InChI is InChI=1S/C12H12N8O3S2/c13-10-8(17-19-12(15)25)7(16-18-11(14)24)9(23-10)5-1-3-6(4-2-5)20(21)22/h1-4,9,13H,(H3,14,18,24)(H3,15,19,25)/b13-10?,16-7?,17-8+/t9-/m1/s1. The molecule has 1 heterocycles. The minimum Gasteiger partial charge on any atom is -0.461 e. The van der Waals surface area contributed by atoms with Gasteiger partial charge in [-0.3, -0.25) is 26.4 Å². The zero-order valence-corrected chi connectivity index (χ0v) is 14.1. The number of benzene rings is 1. The molecule has 0 radical (unpaired) electrons. The molecule has 13 heteroatoms. The van der Waals surface area contributed by atoms with Crippen molar-refractivity contribution in [3.63, 3.8) is 0 Å². The first-order valence-corrected chi connectivity index (χ1v) is 7.37. The molecule has 0 aromatic heterocycles. The fraction of sp³-hybridized carbons (Fsp3) is 0.0833. The Morgan fingerprint density at radius 2 is 1.76 bits per heavy atom. The highest BCUT2D eigenvalue weighted by molar-refractivity contribution is 7.80. The second-order valence-electron chi connectivity index (χ2n) is 4.59. The fourth-order valence-corrected chi connectivity index (χ4v) is 2.00. The number of nitrogens with one attached hydrogen (secondary N) is 3. The Hall–Kier alpha value is -3.19. The third-order valence-electron chi connectivity index (χ3n) is 2.91. The SMILES string of the molecule is N=C1O[C@H](c2ccc([N+](=O)[O-])cc2)C(=NNC(N)=S)/C1=N\NC(N)=S. The summed E-state index contributed by atoms with van der Waals surface area (Å²) in [7, 11) is 0. The van der Waals surface area contributed by atoms with Gasteiger partial charge < -0.3 is 16.2 Å². The number of ether oxygens (including phenoxy) is 1. The molecule has 1 aliphatic rings. The number of nitrogens with two attached hydrogens (primary N) is 2. The monoisotopic (exact) mass is 380 g/mol. The van der Waals surface area contributed by atoms with Crippen LogP contribution in [0.2, 0.25) is 0 Å². The molecule has 11 nitrogen and oxygen atoms in total. The molecule has 0 aliphatic carbocycles. The Morgan fingerprint density at radius 3 is 2.28 bits per heavy atom. The summed E-state index contributed by atoms with van der Waals surface area (Å²) in [5, 5.41) is 26.3. The third kappa shape index (κ3) is 4.42. The van der Waals surface area contributed by atoms with E-state index < -0.39 is 11.0 Å². The predicted molar refractivity (Wildman–Crippen MR) is 99.4 cm³/mol. The largest absolute Gasteiger partial charge is 0.461 e. The molecular formula is C12H12N8O3S2. The summed E-state index contributed by atoms with van der Waals surface area (Å²) >= 11 is 9.36. The minimum absolute atomic E-state index is 0.0277. The number of nitrogens with zero attached hydrogens (tertiary/aromatic N) is 3. The van der Waals surface area contributed by atoms with Crippen molar-refractivity contribution in [3.8, 4) is 0 Å². The maximum absolute atomic E-state index is 10.8. The van der Waals surface area contributed by atoms with E-state index in [-0.39, 0.29) is 33.2 Å². The van der Waals surface area contributed by atoms with Crippen LogP contribution < -0.4 is 22.3 Å². The van der Waals surface area contributed by atoms with Gasteiger partial charge >= 0.3 is 0 Å². The van der Waals surface area contributed by atoms with Crippen LogP contribution >= 0.6 is 24.4 Å². The molecule has 0 amide bonds. The molecule has 130 valence electrons. The summed E-state index contributed by atoms with van der Waals surface area (Å²) in [5.74, 6) is -0.296. The number of nitro groups is 1. The number of nitro benzene ring substituents is 1. The number of thiocarbonyl (C=S) groups is 2. The van der Waals surface area contributed by atoms with E-state index in [4.69, 9.17) is 33.8 Å². The van der Waals surface area contributed by atoms with E-state index in [1.807, 2.05) is 0 Å². The normalized spacial score (nSPS) is 19.5. The summed E-state index contributed by atoms with van der Waals surface area (Å²) in [6.07, 6.45) is -0.845. The van der Waals surface area contributed by atoms with Gasteiger partial charge in [-0.05, 0) is 42.1 Å². The zero-order valence-electron chi connectivity index (χ0n) is 12.4. The summed E-state index contributed by atoms with van der Waals surface area (Å²) in [6, 6.07) is 5.58. The van der Waals surface area contributed by atoms with Crippen molar-refractivity contribution >= 4 is 57.7 Å². The van der Waals surface area contributed by atoms with Crippen LogP contribution in [0.5, 0.6) is 0 Å². The van der Waals surface area contributed by atoms with Crippen LogP contribution in [-0.2, 0) is 4.74 Å². The molecule has 25 heavy (non-hydrogen) atoms. The summed E-state index contributed by atoms with van der Waals surface area (Å²) < 4.78 is 5.44. The third-order valence-corrected chi connectivity index (χ3v) is 3.10. The van der Waals surface area contributed by atoms with E-state index in [1.165, 1.54) is 24.3 Å². The Kier molecular flexibility index (Phi) is 5.51. The Morgan fingerprint density at radius 1 is 1.20 bits per heavy atom. The topological polar surface area (TPSA) is 177 Å². The van der Waals surface area contributed by atoms with Gasteiger partial charge in [-0.1, -0.05) is 0 Å². The van der Waals surface area contributed by atoms with Gasteiger partial charge in [0.1, 0.15) is 5.71 Å². The van der Waals surface area contributed by atoms with Gasteiger partial charge in [0.25, 0.3) is 5.69 Å². The van der Waals surface area contributed by atoms with Crippen molar-refractivity contribution in [2.24, 2.45) is 21.7 Å². The van der Waals surface area contributed by atoms with Crippen LogP contribution in [0, 0.1) is 15.5 Å². The van der Waals surface area contributed by atoms with Gasteiger partial charge in [-0.2, -0.15) is 10.2 Å². The van der Waals surface area contributed by atoms with Crippen molar-refractivity contribution in [2.75, 3.05) is 0 Å². The van der Waals surface area contributed by atoms with Crippen molar-refractivity contribution in [3.05, 3.63) is 39.9 Å². The molecular weight excluding hydrogens is 368 g/mol. The van der Waals surface area contributed by atoms with E-state index in [9.17, 15) is 10.1 Å². The molecule has 1 saturated heterocycles. The Bertz CT molecular complexity index is 805. The predicted octanol–water partition coefficient (Wildman–Crippen LogP) is 0.0218. The highest BCUT2D eigenvalue weighted by Gasteiger charge is 2.37. The minimum atomic E-state index is -0.845. The molecule has 1 fully saturated rings. The Labute approximate surface area is 151 Å². The van der Waals surface area contributed by atoms with Gasteiger partial charge in [0.05, 0.1) is 4.92 Å². The van der Waals surface area contributed by atoms with Crippen molar-refractivity contribution < 1.29 is 9.66 Å². The number of hydrogen-bond acceptors (Lipinski definition) is 8. The first-order valence-electron chi connectivity index (χ1n) is 6.56. The maximum atomic E-state index is 10.8. The van der Waals surface area contributed by atoms with Gasteiger partial charge in [0.2, 0.25) is 5.90 Å². The molecule has 7 N–H and O–H groups in total. The number of rotatable bonds is 4. The van der Waals surface area contributed by atoms with Gasteiger partial charge in [-0.15, -0.1) is 0 Å². The summed E-state index contributed by atoms with van der Waals surface area (Å²) in [4.78, 5) is 10.2. The van der Waals surface area contributed by atoms with Crippen LogP contribution in [-0.4, -0.2) is 32.5 Å². The van der Waals surface area contributed by atoms with E-state index in [0.717, 1.165) is 0 Å². The lowest BCUT2D eigenvalue weighted by molar-refractivity contribution is -0.384. The lowest BCUT2D eigenvalue weighted by atomic mass is 10.0. The average Bonchev–Trinajstić information content (AvgIpc) is 2.86. The average molecular weight is 380 g/mol. The number of hydrazone groups is 2. The van der Waals surface area contributed by atoms with E-state index in [0.29, 0.717) is 5.56 Å². The summed E-state index contributed by atoms with van der Waals surface area (Å²) in [5.41, 5.74) is 16.0. The number of non-ortho nitro benzene ring substituents is 1. The number of hydrogen-bond donors (Lipinski definition) is 5. The molecule has 1 atom stereocenters. The van der Waals surface area contributed by atoms with Gasteiger partial charge in [-0.25, -0.2) is 0 Å². The summed E-state index contributed by atoms with van der Waals surface area (Å²) in [6.45, 7) is 0. The maximum Gasteiger partial charge on any atom is 0.269 e. The molecule has 0 unspecified atom stereocenters. The first kappa shape index (κ1) is 18.2. The molecule has 0 saturated carbocycles. The molecule has 1 aromatic carbocycles. The molecule has 2 rings (SSSR count). The lowest BCUT2D eigenvalue weighted by Crippen LogP contribution is -2.31. The first-order chi connectivity index (χ1) is 11.8. The van der Waals surface area contributed by atoms with E-state index in [2.05, 4.69) is 33.3 Å². The highest BCUT2D eigenvalue weighted by Crippen LogP contribution is 2.27. The quantitative estimate of drug-likeness (QED) is 0.274. The van der Waals surface area contributed by atoms with Crippen LogP contribution in [0.25, 0.3) is 0 Å². The lowest BCUT2D eigenvalue weighted by Gasteiger charge is -2.10. The van der Waals surface area contributed by atoms with Gasteiger partial charge in [0, 0.05) is 12.1 Å². The van der Waals surface area contributed by atoms with Crippen LogP contribution in [0.4, 0.5) is 5.69 Å². The second kappa shape index (κ2) is 7.59. The van der Waals surface area contributed by atoms with Gasteiger partial charge in [0.15, 0.2) is 22.0 Å². The fourth-order valence-electron chi connectivity index (χ4n) is 1.91. The zero-order chi connectivity index (χ0) is 18.6. The van der Waals surface area contributed by atoms with E-state index >= 15 is 0 Å². The van der Waals surface area contributed by atoms with Crippen molar-refractivity contribution in [1.82, 2.24) is 10.9 Å². The van der Waals surface area contributed by atoms with Crippen molar-refractivity contribution in [1.29, 1.82) is 5.41 Å². The molecule has 1 aliphatic heterocycles. The molecule has 0 spiro atoms. The highest BCUT2D eigenvalue weighted by atomic mass is 32.1. The van der Waals surface area contributed by atoms with Crippen LogP contribution in [0.15, 0.2) is 34.5 Å². The second-order valence-corrected chi connectivity index (χ2v) is 5.46. The van der Waals surface area contributed by atoms with Crippen molar-refractivity contribution in [2.45, 2.75) is 6.10 Å².